The summed E-state index contributed by atoms with van der Waals surface area (Å²) < 4.78 is 330. The lowest BCUT2D eigenvalue weighted by Gasteiger charge is -2.21. The van der Waals surface area contributed by atoms with Crippen molar-refractivity contribution >= 4 is 16.7 Å². The molecule has 0 N–H and O–H groups in total. The van der Waals surface area contributed by atoms with Gasteiger partial charge < -0.3 is 0 Å². The quantitative estimate of drug-likeness (QED) is 0.149. The van der Waals surface area contributed by atoms with Crippen LogP contribution in [-0.2, 0) is 30.9 Å². The predicted molar refractivity (Wildman–Crippen MR) is 151 cm³/mol. The number of nitrogens with zero attached hydrogens (tertiary/aromatic N) is 3. The molecule has 3 aromatic carbocycles. The van der Waals surface area contributed by atoms with Crippen LogP contribution in [0, 0.1) is 94.4 Å². The van der Waals surface area contributed by atoms with Crippen molar-refractivity contribution in [1.29, 1.82) is 15.8 Å². The summed E-state index contributed by atoms with van der Waals surface area (Å²) in [5.41, 5.74) is -43.1. The molecule has 60 heavy (non-hydrogen) atoms. The first-order valence-electron chi connectivity index (χ1n) is 14.8. The van der Waals surface area contributed by atoms with E-state index in [1.165, 1.54) is 0 Å². The molecule has 3 aromatic rings. The molecule has 0 bridgehead atoms. The third-order valence-electron chi connectivity index (χ3n) is 8.43. The minimum Gasteiger partial charge on any atom is -0.206 e. The zero-order valence-electron chi connectivity index (χ0n) is 28.0. The van der Waals surface area contributed by atoms with Crippen LogP contribution in [-0.4, -0.2) is 0 Å². The molecule has 0 aliphatic heterocycles. The van der Waals surface area contributed by atoms with E-state index in [1.807, 2.05) is 0 Å². The third-order valence-corrected chi connectivity index (χ3v) is 8.43. The number of rotatable bonds is 3. The van der Waals surface area contributed by atoms with Gasteiger partial charge in [0.05, 0.1) is 22.3 Å². The fourth-order valence-corrected chi connectivity index (χ4v) is 6.03. The van der Waals surface area contributed by atoms with Crippen molar-refractivity contribution < 1.29 is 101 Å². The second-order valence-electron chi connectivity index (χ2n) is 11.8. The first kappa shape index (κ1) is 46.4. The Labute approximate surface area is 315 Å². The van der Waals surface area contributed by atoms with E-state index in [2.05, 4.69) is 0 Å². The predicted octanol–water partition coefficient (Wildman–Crippen LogP) is 12.8. The highest BCUT2D eigenvalue weighted by Gasteiger charge is 2.53. The lowest BCUT2D eigenvalue weighted by molar-refractivity contribution is -0.147. The smallest absolute Gasteiger partial charge is 0.206 e. The minimum atomic E-state index is -6.68. The fourth-order valence-electron chi connectivity index (χ4n) is 6.03. The lowest BCUT2D eigenvalue weighted by Crippen LogP contribution is -2.21. The van der Waals surface area contributed by atoms with E-state index >= 15 is 13.2 Å². The average molecular weight is 893 g/mol. The summed E-state index contributed by atoms with van der Waals surface area (Å²) in [6.45, 7) is -0.0470. The number of allylic oxidation sites excluding steroid dienone is 6. The molecule has 318 valence electrons. The molecule has 0 heterocycles. The average Bonchev–Trinajstić information content (AvgIpc) is 3.78. The highest BCUT2D eigenvalue weighted by Crippen LogP contribution is 2.60. The molecule has 0 atom stereocenters. The van der Waals surface area contributed by atoms with Gasteiger partial charge in [0.2, 0.25) is 0 Å². The van der Waals surface area contributed by atoms with Crippen LogP contribution < -0.4 is 0 Å². The fraction of sp³-hybridized carbons (Fsp3) is 0.206. The normalized spacial score (nSPS) is 16.3. The number of benzene rings is 3. The van der Waals surface area contributed by atoms with Crippen molar-refractivity contribution in [1.82, 2.24) is 0 Å². The van der Waals surface area contributed by atoms with Gasteiger partial charge >= 0.3 is 30.9 Å². The van der Waals surface area contributed by atoms with Gasteiger partial charge in [-0.2, -0.15) is 81.6 Å². The zero-order valence-corrected chi connectivity index (χ0v) is 28.0. The van der Waals surface area contributed by atoms with Crippen molar-refractivity contribution in [2.24, 2.45) is 0 Å². The molecule has 0 amide bonds. The van der Waals surface area contributed by atoms with Gasteiger partial charge in [-0.25, -0.2) is 35.1 Å². The molecule has 0 unspecified atom stereocenters. The summed E-state index contributed by atoms with van der Waals surface area (Å²) in [5.74, 6) is -26.6. The Morgan fingerprint density at radius 1 is 0.317 bits per heavy atom. The highest BCUT2D eigenvalue weighted by atomic mass is 19.4. The maximum atomic E-state index is 15.8. The Bertz CT molecular complexity index is 2510. The lowest BCUT2D eigenvalue weighted by atomic mass is 9.90. The van der Waals surface area contributed by atoms with E-state index in [-0.39, 0.29) is 13.8 Å². The summed E-state index contributed by atoms with van der Waals surface area (Å²) in [6.07, 6.45) is -32.4. The number of nitriles is 3. The molecule has 0 saturated heterocycles. The Hall–Kier alpha value is -6.26. The first-order valence-corrected chi connectivity index (χ1v) is 14.8. The second kappa shape index (κ2) is 14.5. The van der Waals surface area contributed by atoms with E-state index in [0.717, 1.165) is 0 Å². The largest absolute Gasteiger partial charge is 0.422 e. The first-order chi connectivity index (χ1) is 27.1. The number of hydrogen-bond acceptors (Lipinski definition) is 3. The molecule has 0 radical (unpaired) electrons. The minimum absolute atomic E-state index is 0.104. The molecule has 4 rings (SSSR count). The zero-order chi connectivity index (χ0) is 46.5. The van der Waals surface area contributed by atoms with E-state index in [1.54, 1.807) is 0 Å². The van der Waals surface area contributed by atoms with Crippen molar-refractivity contribution in [2.75, 3.05) is 0 Å². The second-order valence-corrected chi connectivity index (χ2v) is 11.8. The number of alkyl halides is 15. The Morgan fingerprint density at radius 2 is 0.567 bits per heavy atom. The molecule has 0 aromatic heterocycles. The summed E-state index contributed by atoms with van der Waals surface area (Å²) in [7, 11) is 0. The van der Waals surface area contributed by atoms with Gasteiger partial charge in [0.25, 0.3) is 0 Å². The molecule has 1 aliphatic carbocycles. The van der Waals surface area contributed by atoms with Crippen molar-refractivity contribution in [3.63, 3.8) is 0 Å². The van der Waals surface area contributed by atoms with Crippen LogP contribution in [0.3, 0.4) is 0 Å². The Kier molecular flexibility index (Phi) is 11.2. The van der Waals surface area contributed by atoms with Gasteiger partial charge in [0.15, 0.2) is 23.3 Å². The van der Waals surface area contributed by atoms with Gasteiger partial charge in [0, 0.05) is 33.4 Å². The van der Waals surface area contributed by atoms with Crippen LogP contribution in [0.5, 0.6) is 0 Å². The van der Waals surface area contributed by atoms with Crippen molar-refractivity contribution in [3.8, 4) is 18.2 Å². The SMILES string of the molecule is Cc1c(F)c(F)c(C(F)(F)F)c(F)c1/C(C#N)=C1/C(=C(C#N)c2c(F)c(C(F)(F)F)c(F)c(F)c2C(F)(F)F)/C1=C(/C#N)c1c(F)c(C(F)(F)F)c(F)c(C)c1C(F)(F)F. The summed E-state index contributed by atoms with van der Waals surface area (Å²) in [5, 5.41) is 29.9. The monoisotopic (exact) mass is 893 g/mol. The van der Waals surface area contributed by atoms with Gasteiger partial charge in [-0.3, -0.25) is 0 Å². The summed E-state index contributed by atoms with van der Waals surface area (Å²) in [4.78, 5) is 0. The maximum absolute atomic E-state index is 15.8. The topological polar surface area (TPSA) is 71.4 Å². The maximum Gasteiger partial charge on any atom is 0.422 e. The Morgan fingerprint density at radius 3 is 0.883 bits per heavy atom. The van der Waals surface area contributed by atoms with Crippen molar-refractivity contribution in [2.45, 2.75) is 44.7 Å². The summed E-state index contributed by atoms with van der Waals surface area (Å²) >= 11 is 0. The standard InChI is InChI=1S/C34H6F23N3/c1-6-11(24(37)20(33(52,53)54)28(41)23(6)36)8(3-58)12-13(9(4-59)15-17(30(43,44)45)7(2)22(35)19(25(15)38)32(49,50)51)14(12)10(5-60)16-18(31(46,47)48)27(40)29(42)21(26(16)39)34(55,56)57/h1-2H3/b12-8+,13-9-,14-10?. The van der Waals surface area contributed by atoms with E-state index in [4.69, 9.17) is 0 Å². The van der Waals surface area contributed by atoms with Crippen LogP contribution in [0.25, 0.3) is 16.7 Å². The molecule has 26 heteroatoms. The van der Waals surface area contributed by atoms with Crippen LogP contribution in [0.4, 0.5) is 101 Å². The van der Waals surface area contributed by atoms with E-state index in [0.29, 0.717) is 18.2 Å². The molecule has 0 spiro atoms. The van der Waals surface area contributed by atoms with Crippen LogP contribution in [0.2, 0.25) is 0 Å². The van der Waals surface area contributed by atoms with Gasteiger partial charge in [-0.1, -0.05) is 0 Å². The van der Waals surface area contributed by atoms with Gasteiger partial charge in [0.1, 0.15) is 63.7 Å². The highest BCUT2D eigenvalue weighted by molar-refractivity contribution is 6.13. The third kappa shape index (κ3) is 7.23. The van der Waals surface area contributed by atoms with Crippen LogP contribution in [0.15, 0.2) is 16.7 Å². The number of halogens is 23. The number of hydrogen-bond donors (Lipinski definition) is 0. The van der Waals surface area contributed by atoms with E-state index < -0.39 is 166 Å². The van der Waals surface area contributed by atoms with Crippen LogP contribution in [0.1, 0.15) is 55.6 Å². The molecule has 3 nitrogen and oxygen atoms in total. The Balaban J connectivity index is 2.58. The molecule has 1 fully saturated rings. The molecular formula is C34H6F23N3. The van der Waals surface area contributed by atoms with E-state index in [9.17, 15) is 104 Å². The molecule has 1 saturated carbocycles. The van der Waals surface area contributed by atoms with Crippen molar-refractivity contribution in [3.05, 3.63) is 119 Å². The van der Waals surface area contributed by atoms with Crippen LogP contribution >= 0.6 is 0 Å². The van der Waals surface area contributed by atoms with Gasteiger partial charge in [-0.15, -0.1) is 0 Å². The van der Waals surface area contributed by atoms with Gasteiger partial charge in [-0.05, 0) is 25.0 Å². The molecular weight excluding hydrogens is 887 g/mol. The summed E-state index contributed by atoms with van der Waals surface area (Å²) in [6, 6.07) is 1.57. The molecule has 1 aliphatic rings.